The molecule has 1 amide bonds. The summed E-state index contributed by atoms with van der Waals surface area (Å²) in [5.74, 6) is -0.234. The normalized spacial score (nSPS) is 15.4. The molecule has 1 aliphatic heterocycles. The molecule has 0 saturated carbocycles. The highest BCUT2D eigenvalue weighted by molar-refractivity contribution is 6.27. The summed E-state index contributed by atoms with van der Waals surface area (Å²) in [6, 6.07) is 3.05. The number of nitro groups is 1. The van der Waals surface area contributed by atoms with Gasteiger partial charge >= 0.3 is 5.82 Å². The molecular weight excluding hydrogens is 272 g/mol. The second-order valence-electron chi connectivity index (χ2n) is 4.13. The van der Waals surface area contributed by atoms with Gasteiger partial charge in [0.15, 0.2) is 6.20 Å². The highest BCUT2D eigenvalue weighted by atomic mass is 35.5. The van der Waals surface area contributed by atoms with E-state index in [9.17, 15) is 14.9 Å². The number of halogens is 1. The lowest BCUT2D eigenvalue weighted by Crippen LogP contribution is -2.49. The number of carbonyl (C=O) groups is 1. The molecule has 1 saturated heterocycles. The number of carbonyl (C=O) groups excluding carboxylic acids is 1. The molecule has 1 aromatic heterocycles. The van der Waals surface area contributed by atoms with E-state index in [1.54, 1.807) is 11.0 Å². The summed E-state index contributed by atoms with van der Waals surface area (Å²) in [6.07, 6.45) is 1.48. The van der Waals surface area contributed by atoms with Crippen molar-refractivity contribution in [3.63, 3.8) is 0 Å². The molecule has 1 fully saturated rings. The largest absolute Gasteiger partial charge is 0.365 e. The van der Waals surface area contributed by atoms with E-state index in [0.29, 0.717) is 26.2 Å². The van der Waals surface area contributed by atoms with Crippen molar-refractivity contribution in [1.29, 1.82) is 0 Å². The maximum atomic E-state index is 11.4. The first-order valence-corrected chi connectivity index (χ1v) is 6.34. The Morgan fingerprint density at radius 3 is 2.53 bits per heavy atom. The molecule has 7 nitrogen and oxygen atoms in total. The van der Waals surface area contributed by atoms with Crippen LogP contribution >= 0.6 is 11.6 Å². The van der Waals surface area contributed by atoms with Crippen LogP contribution in [0.25, 0.3) is 0 Å². The van der Waals surface area contributed by atoms with E-state index in [2.05, 4.69) is 4.98 Å². The average molecular weight is 285 g/mol. The first kappa shape index (κ1) is 13.5. The number of alkyl halides is 1. The summed E-state index contributed by atoms with van der Waals surface area (Å²) in [5, 5.41) is 10.5. The number of pyridine rings is 1. The fraction of sp³-hybridized carbons (Fsp3) is 0.455. The van der Waals surface area contributed by atoms with Gasteiger partial charge < -0.3 is 19.9 Å². The maximum absolute atomic E-state index is 11.4. The minimum Gasteiger partial charge on any atom is -0.365 e. The smallest absolute Gasteiger partial charge is 0.363 e. The third-order valence-corrected chi connectivity index (χ3v) is 3.26. The molecule has 0 bridgehead atoms. The summed E-state index contributed by atoms with van der Waals surface area (Å²) >= 11 is 5.51. The Balaban J connectivity index is 1.97. The minimum atomic E-state index is -0.527. The van der Waals surface area contributed by atoms with E-state index in [0.717, 1.165) is 5.69 Å². The first-order valence-electron chi connectivity index (χ1n) is 5.81. The van der Waals surface area contributed by atoms with Crippen molar-refractivity contribution in [2.45, 2.75) is 0 Å². The number of nitrogens with zero attached hydrogens (tertiary/aromatic N) is 4. The number of amides is 1. The second-order valence-corrected chi connectivity index (χ2v) is 4.40. The van der Waals surface area contributed by atoms with Crippen molar-refractivity contribution in [3.05, 3.63) is 28.4 Å². The van der Waals surface area contributed by atoms with Gasteiger partial charge in [0.2, 0.25) is 5.91 Å². The molecule has 0 unspecified atom stereocenters. The predicted molar refractivity (Wildman–Crippen MR) is 70.4 cm³/mol. The molecule has 2 heterocycles. The molecule has 2 rings (SSSR count). The molecule has 0 atom stereocenters. The van der Waals surface area contributed by atoms with Gasteiger partial charge in [-0.1, -0.05) is 0 Å². The van der Waals surface area contributed by atoms with E-state index >= 15 is 0 Å². The summed E-state index contributed by atoms with van der Waals surface area (Å²) in [4.78, 5) is 28.9. The van der Waals surface area contributed by atoms with Crippen molar-refractivity contribution in [2.75, 3.05) is 37.0 Å². The Labute approximate surface area is 114 Å². The van der Waals surface area contributed by atoms with Crippen LogP contribution in [0.2, 0.25) is 0 Å². The average Bonchev–Trinajstić information content (AvgIpc) is 2.46. The van der Waals surface area contributed by atoms with Crippen LogP contribution in [0.1, 0.15) is 0 Å². The fourth-order valence-electron chi connectivity index (χ4n) is 1.97. The monoisotopic (exact) mass is 284 g/mol. The van der Waals surface area contributed by atoms with Gasteiger partial charge in [0, 0.05) is 32.2 Å². The molecule has 0 spiro atoms. The molecular formula is C11H13ClN4O3. The lowest BCUT2D eigenvalue weighted by molar-refractivity contribution is -0.389. The minimum absolute atomic E-state index is 0.000906. The van der Waals surface area contributed by atoms with Crippen molar-refractivity contribution in [3.8, 4) is 0 Å². The van der Waals surface area contributed by atoms with Crippen molar-refractivity contribution in [2.24, 2.45) is 0 Å². The maximum Gasteiger partial charge on any atom is 0.363 e. The van der Waals surface area contributed by atoms with Gasteiger partial charge in [0.05, 0.1) is 5.69 Å². The Kier molecular flexibility index (Phi) is 4.16. The van der Waals surface area contributed by atoms with E-state index in [1.165, 1.54) is 12.3 Å². The first-order chi connectivity index (χ1) is 9.11. The summed E-state index contributed by atoms with van der Waals surface area (Å²) in [5.41, 5.74) is 0.823. The zero-order valence-electron chi connectivity index (χ0n) is 10.2. The number of aromatic nitrogens is 1. The molecule has 1 aromatic rings. The summed E-state index contributed by atoms with van der Waals surface area (Å²) < 4.78 is 0. The lowest BCUT2D eigenvalue weighted by Gasteiger charge is -2.35. The molecule has 0 aliphatic carbocycles. The van der Waals surface area contributed by atoms with Gasteiger partial charge in [-0.3, -0.25) is 4.79 Å². The quantitative estimate of drug-likeness (QED) is 0.468. The molecule has 19 heavy (non-hydrogen) atoms. The zero-order chi connectivity index (χ0) is 13.8. The number of piperazine rings is 1. The molecule has 0 aromatic carbocycles. The number of hydrogen-bond donors (Lipinski definition) is 0. The van der Waals surface area contributed by atoms with Crippen LogP contribution in [-0.2, 0) is 4.79 Å². The van der Waals surface area contributed by atoms with E-state index in [-0.39, 0.29) is 17.6 Å². The topological polar surface area (TPSA) is 79.6 Å². The predicted octanol–water partition coefficient (Wildman–Crippen LogP) is 0.877. The Hall–Kier alpha value is -1.89. The Bertz CT molecular complexity index is 471. The van der Waals surface area contributed by atoms with Crippen LogP contribution in [0.4, 0.5) is 11.5 Å². The summed E-state index contributed by atoms with van der Waals surface area (Å²) in [6.45, 7) is 2.54. The standard InChI is InChI=1S/C11H13ClN4O3/c12-7-11(17)15-5-3-14(4-6-15)9-1-2-10(13-8-9)16(18)19/h1-2,8H,3-7H2. The fourth-order valence-corrected chi connectivity index (χ4v) is 2.14. The van der Waals surface area contributed by atoms with Gasteiger partial charge in [-0.05, 0) is 16.0 Å². The van der Waals surface area contributed by atoms with Crippen LogP contribution in [0.5, 0.6) is 0 Å². The molecule has 102 valence electrons. The third kappa shape index (κ3) is 3.11. The third-order valence-electron chi connectivity index (χ3n) is 3.03. The van der Waals surface area contributed by atoms with Gasteiger partial charge in [0.1, 0.15) is 5.88 Å². The number of rotatable bonds is 3. The van der Waals surface area contributed by atoms with Crippen LogP contribution < -0.4 is 4.90 Å². The SMILES string of the molecule is O=C(CCl)N1CCN(c2ccc([N+](=O)[O-])nc2)CC1. The lowest BCUT2D eigenvalue weighted by atomic mass is 10.2. The highest BCUT2D eigenvalue weighted by Gasteiger charge is 2.21. The number of anilines is 1. The molecule has 0 N–H and O–H groups in total. The molecule has 1 aliphatic rings. The van der Waals surface area contributed by atoms with Gasteiger partial charge in [-0.25, -0.2) is 0 Å². The zero-order valence-corrected chi connectivity index (χ0v) is 10.9. The van der Waals surface area contributed by atoms with Crippen molar-refractivity contribution < 1.29 is 9.72 Å². The summed E-state index contributed by atoms with van der Waals surface area (Å²) in [7, 11) is 0. The second kappa shape index (κ2) is 5.83. The van der Waals surface area contributed by atoms with Crippen LogP contribution in [0.3, 0.4) is 0 Å². The van der Waals surface area contributed by atoms with E-state index < -0.39 is 4.92 Å². The Morgan fingerprint density at radius 2 is 2.05 bits per heavy atom. The van der Waals surface area contributed by atoms with Crippen molar-refractivity contribution >= 4 is 29.0 Å². The molecule has 0 radical (unpaired) electrons. The van der Waals surface area contributed by atoms with Crippen LogP contribution in [0.15, 0.2) is 18.3 Å². The Morgan fingerprint density at radius 1 is 1.37 bits per heavy atom. The van der Waals surface area contributed by atoms with Crippen molar-refractivity contribution in [1.82, 2.24) is 9.88 Å². The van der Waals surface area contributed by atoms with E-state index in [1.807, 2.05) is 4.90 Å². The van der Waals surface area contributed by atoms with Crippen LogP contribution in [-0.4, -0.2) is 52.8 Å². The number of hydrogen-bond acceptors (Lipinski definition) is 5. The van der Waals surface area contributed by atoms with Gasteiger partial charge in [0.25, 0.3) is 0 Å². The highest BCUT2D eigenvalue weighted by Crippen LogP contribution is 2.18. The van der Waals surface area contributed by atoms with Gasteiger partial charge in [-0.15, -0.1) is 11.6 Å². The van der Waals surface area contributed by atoms with Crippen LogP contribution in [0, 0.1) is 10.1 Å². The molecule has 8 heteroatoms. The van der Waals surface area contributed by atoms with Gasteiger partial charge in [-0.2, -0.15) is 0 Å². The van der Waals surface area contributed by atoms with E-state index in [4.69, 9.17) is 11.6 Å².